The maximum Gasteiger partial charge on any atom is 0.337 e. The molecule has 1 rings (SSSR count). The van der Waals surface area contributed by atoms with Crippen molar-refractivity contribution in [3.8, 4) is 0 Å². The lowest BCUT2D eigenvalue weighted by Gasteiger charge is -2.09. The van der Waals surface area contributed by atoms with Gasteiger partial charge in [-0.05, 0) is 30.2 Å². The summed E-state index contributed by atoms with van der Waals surface area (Å²) in [5.41, 5.74) is 6.22. The zero-order chi connectivity index (χ0) is 13.0. The van der Waals surface area contributed by atoms with Crippen molar-refractivity contribution in [1.82, 2.24) is 0 Å². The van der Waals surface area contributed by atoms with Crippen LogP contribution in [0, 0.1) is 0 Å². The highest BCUT2D eigenvalue weighted by Gasteiger charge is 2.16. The number of carboxylic acid groups (broad SMARTS) is 1. The summed E-state index contributed by atoms with van der Waals surface area (Å²) in [6, 6.07) is 3.44. The van der Waals surface area contributed by atoms with E-state index in [1.165, 1.54) is 25.3 Å². The summed E-state index contributed by atoms with van der Waals surface area (Å²) in [7, 11) is 1.26. The van der Waals surface area contributed by atoms with Crippen LogP contribution >= 0.6 is 11.6 Å². The first kappa shape index (κ1) is 13.5. The Balaban J connectivity index is 2.98. The number of rotatable bonds is 4. The van der Waals surface area contributed by atoms with Gasteiger partial charge in [-0.1, -0.05) is 11.6 Å². The topological polar surface area (TPSA) is 89.6 Å². The van der Waals surface area contributed by atoms with Crippen molar-refractivity contribution in [1.29, 1.82) is 0 Å². The number of methoxy groups -OCH3 is 1. The average molecular weight is 258 g/mol. The van der Waals surface area contributed by atoms with Crippen molar-refractivity contribution >= 4 is 23.5 Å². The molecule has 5 nitrogen and oxygen atoms in total. The molecule has 0 aromatic heterocycles. The lowest BCUT2D eigenvalue weighted by atomic mass is 10.0. The van der Waals surface area contributed by atoms with Crippen molar-refractivity contribution in [2.45, 2.75) is 12.5 Å². The number of hydrogen-bond acceptors (Lipinski definition) is 4. The molecule has 0 spiro atoms. The SMILES string of the molecule is COC(=O)c1ccc(Cl)c(CC(N)C(=O)O)c1. The lowest BCUT2D eigenvalue weighted by molar-refractivity contribution is -0.138. The van der Waals surface area contributed by atoms with Crippen molar-refractivity contribution < 1.29 is 19.4 Å². The Morgan fingerprint density at radius 1 is 1.53 bits per heavy atom. The van der Waals surface area contributed by atoms with E-state index < -0.39 is 18.0 Å². The second-order valence-corrected chi connectivity index (χ2v) is 3.85. The van der Waals surface area contributed by atoms with Crippen LogP contribution in [0.3, 0.4) is 0 Å². The molecule has 1 unspecified atom stereocenters. The summed E-state index contributed by atoms with van der Waals surface area (Å²) < 4.78 is 4.55. The van der Waals surface area contributed by atoms with Gasteiger partial charge in [0.15, 0.2) is 0 Å². The van der Waals surface area contributed by atoms with Gasteiger partial charge in [-0.25, -0.2) is 4.79 Å². The minimum absolute atomic E-state index is 0.0546. The molecule has 0 amide bonds. The number of ether oxygens (including phenoxy) is 1. The number of carbonyl (C=O) groups excluding carboxylic acids is 1. The first-order valence-corrected chi connectivity index (χ1v) is 5.18. The first-order chi connectivity index (χ1) is 7.95. The fraction of sp³-hybridized carbons (Fsp3) is 0.273. The standard InChI is InChI=1S/C11H12ClNO4/c1-17-11(16)6-2-3-8(12)7(4-6)5-9(13)10(14)15/h2-4,9H,5,13H2,1H3,(H,14,15). The highest BCUT2D eigenvalue weighted by Crippen LogP contribution is 2.19. The molecule has 92 valence electrons. The summed E-state index contributed by atoms with van der Waals surface area (Å²) >= 11 is 5.89. The number of carboxylic acids is 1. The van der Waals surface area contributed by atoms with E-state index in [1.54, 1.807) is 0 Å². The molecule has 1 atom stereocenters. The Hall–Kier alpha value is -1.59. The number of esters is 1. The molecule has 0 fully saturated rings. The summed E-state index contributed by atoms with van der Waals surface area (Å²) in [5, 5.41) is 9.07. The summed E-state index contributed by atoms with van der Waals surface area (Å²) in [5.74, 6) is -1.63. The predicted molar refractivity (Wildman–Crippen MR) is 62.1 cm³/mol. The van der Waals surface area contributed by atoms with Crippen LogP contribution in [0.15, 0.2) is 18.2 Å². The molecule has 0 aliphatic carbocycles. The predicted octanol–water partition coefficient (Wildman–Crippen LogP) is 1.08. The van der Waals surface area contributed by atoms with Gasteiger partial charge in [0.1, 0.15) is 6.04 Å². The quantitative estimate of drug-likeness (QED) is 0.788. The Labute approximate surface area is 103 Å². The van der Waals surface area contributed by atoms with Crippen LogP contribution in [0.4, 0.5) is 0 Å². The van der Waals surface area contributed by atoms with Crippen LogP contribution in [0.25, 0.3) is 0 Å². The van der Waals surface area contributed by atoms with Crippen LogP contribution < -0.4 is 5.73 Å². The number of halogens is 1. The molecule has 17 heavy (non-hydrogen) atoms. The van der Waals surface area contributed by atoms with E-state index in [9.17, 15) is 9.59 Å². The summed E-state index contributed by atoms with van der Waals surface area (Å²) in [4.78, 5) is 21.9. The number of nitrogens with two attached hydrogens (primary N) is 1. The van der Waals surface area contributed by atoms with Gasteiger partial charge < -0.3 is 15.6 Å². The van der Waals surface area contributed by atoms with Crippen LogP contribution in [0.2, 0.25) is 5.02 Å². The molecule has 3 N–H and O–H groups in total. The van der Waals surface area contributed by atoms with E-state index >= 15 is 0 Å². The first-order valence-electron chi connectivity index (χ1n) is 4.81. The maximum atomic E-state index is 11.3. The van der Waals surface area contributed by atoms with E-state index in [0.717, 1.165) is 0 Å². The van der Waals surface area contributed by atoms with Crippen molar-refractivity contribution in [3.05, 3.63) is 34.3 Å². The van der Waals surface area contributed by atoms with Crippen molar-refractivity contribution in [2.75, 3.05) is 7.11 Å². The smallest absolute Gasteiger partial charge is 0.337 e. The molecule has 1 aromatic rings. The van der Waals surface area contributed by atoms with Crippen LogP contribution in [0.1, 0.15) is 15.9 Å². The van der Waals surface area contributed by atoms with Gasteiger partial charge in [-0.2, -0.15) is 0 Å². The van der Waals surface area contributed by atoms with Gasteiger partial charge in [-0.15, -0.1) is 0 Å². The molecular formula is C11H12ClNO4. The molecule has 0 radical (unpaired) electrons. The van der Waals surface area contributed by atoms with Gasteiger partial charge in [0.25, 0.3) is 0 Å². The highest BCUT2D eigenvalue weighted by atomic mass is 35.5. The third kappa shape index (κ3) is 3.44. The zero-order valence-corrected chi connectivity index (χ0v) is 9.90. The van der Waals surface area contributed by atoms with Crippen molar-refractivity contribution in [2.24, 2.45) is 5.73 Å². The third-order valence-corrected chi connectivity index (χ3v) is 2.59. The van der Waals surface area contributed by atoms with Gasteiger partial charge in [0.2, 0.25) is 0 Å². The van der Waals surface area contributed by atoms with Crippen LogP contribution in [0.5, 0.6) is 0 Å². The molecule has 1 aromatic carbocycles. The van der Waals surface area contributed by atoms with E-state index in [4.69, 9.17) is 22.4 Å². The second kappa shape index (κ2) is 5.65. The lowest BCUT2D eigenvalue weighted by Crippen LogP contribution is -2.32. The van der Waals surface area contributed by atoms with E-state index in [1.807, 2.05) is 0 Å². The normalized spacial score (nSPS) is 11.9. The molecule has 0 saturated heterocycles. The Morgan fingerprint density at radius 3 is 2.71 bits per heavy atom. The summed E-state index contributed by atoms with van der Waals surface area (Å²) in [6.07, 6.45) is 0.0546. The monoisotopic (exact) mass is 257 g/mol. The number of hydrogen-bond donors (Lipinski definition) is 2. The molecule has 0 heterocycles. The van der Waals surface area contributed by atoms with Crippen LogP contribution in [-0.4, -0.2) is 30.2 Å². The fourth-order valence-corrected chi connectivity index (χ4v) is 1.49. The fourth-order valence-electron chi connectivity index (χ4n) is 1.30. The average Bonchev–Trinajstić information content (AvgIpc) is 2.30. The van der Waals surface area contributed by atoms with Crippen LogP contribution in [-0.2, 0) is 16.0 Å². The molecule has 6 heteroatoms. The zero-order valence-electron chi connectivity index (χ0n) is 9.14. The van der Waals surface area contributed by atoms with Gasteiger partial charge in [0.05, 0.1) is 12.7 Å². The number of benzene rings is 1. The molecule has 0 aliphatic rings. The van der Waals surface area contributed by atoms with Gasteiger partial charge >= 0.3 is 11.9 Å². The Bertz CT molecular complexity index is 447. The molecular weight excluding hydrogens is 246 g/mol. The van der Waals surface area contributed by atoms with Gasteiger partial charge in [-0.3, -0.25) is 4.79 Å². The highest BCUT2D eigenvalue weighted by molar-refractivity contribution is 6.31. The van der Waals surface area contributed by atoms with Gasteiger partial charge in [0, 0.05) is 5.02 Å². The maximum absolute atomic E-state index is 11.3. The Morgan fingerprint density at radius 2 is 2.18 bits per heavy atom. The second-order valence-electron chi connectivity index (χ2n) is 3.45. The molecule has 0 aliphatic heterocycles. The minimum Gasteiger partial charge on any atom is -0.480 e. The number of carbonyl (C=O) groups is 2. The molecule has 0 bridgehead atoms. The summed E-state index contributed by atoms with van der Waals surface area (Å²) in [6.45, 7) is 0. The largest absolute Gasteiger partial charge is 0.480 e. The number of aliphatic carboxylic acids is 1. The van der Waals surface area contributed by atoms with E-state index in [0.29, 0.717) is 16.1 Å². The van der Waals surface area contributed by atoms with Crippen molar-refractivity contribution in [3.63, 3.8) is 0 Å². The third-order valence-electron chi connectivity index (χ3n) is 2.22. The Kier molecular flexibility index (Phi) is 4.48. The van der Waals surface area contributed by atoms with E-state index in [2.05, 4.69) is 4.74 Å². The molecule has 0 saturated carbocycles. The van der Waals surface area contributed by atoms with E-state index in [-0.39, 0.29) is 6.42 Å². The minimum atomic E-state index is -1.12.